The van der Waals surface area contributed by atoms with Crippen LogP contribution in [-0.4, -0.2) is 47.4 Å². The molecular formula is C63H123NO5. The zero-order valence-electron chi connectivity index (χ0n) is 46.8. The molecule has 2 unspecified atom stereocenters. The van der Waals surface area contributed by atoms with E-state index in [9.17, 15) is 19.8 Å². The molecule has 0 heterocycles. The lowest BCUT2D eigenvalue weighted by atomic mass is 10.0. The van der Waals surface area contributed by atoms with E-state index in [0.29, 0.717) is 19.4 Å². The van der Waals surface area contributed by atoms with Crippen LogP contribution in [0.25, 0.3) is 0 Å². The van der Waals surface area contributed by atoms with E-state index in [4.69, 9.17) is 4.74 Å². The van der Waals surface area contributed by atoms with Crippen molar-refractivity contribution in [1.29, 1.82) is 0 Å². The van der Waals surface area contributed by atoms with Gasteiger partial charge in [0.05, 0.1) is 25.4 Å². The molecule has 6 heteroatoms. The van der Waals surface area contributed by atoms with Gasteiger partial charge in [-0.15, -0.1) is 0 Å². The van der Waals surface area contributed by atoms with Crippen molar-refractivity contribution in [2.45, 2.75) is 366 Å². The van der Waals surface area contributed by atoms with E-state index < -0.39 is 12.1 Å². The molecule has 0 aromatic rings. The number of carbonyl (C=O) groups excluding carboxylic acids is 2. The van der Waals surface area contributed by atoms with Gasteiger partial charge in [-0.25, -0.2) is 0 Å². The number of esters is 1. The minimum absolute atomic E-state index is 0.0138. The topological polar surface area (TPSA) is 95.9 Å². The van der Waals surface area contributed by atoms with E-state index >= 15 is 0 Å². The largest absolute Gasteiger partial charge is 0.466 e. The van der Waals surface area contributed by atoms with E-state index in [1.807, 2.05) is 6.08 Å². The molecule has 0 rings (SSSR count). The summed E-state index contributed by atoms with van der Waals surface area (Å²) in [5, 5.41) is 23.1. The fourth-order valence-corrected chi connectivity index (χ4v) is 9.99. The third-order valence-corrected chi connectivity index (χ3v) is 14.8. The summed E-state index contributed by atoms with van der Waals surface area (Å²) >= 11 is 0. The first kappa shape index (κ1) is 67.6. The Morgan fingerprint density at radius 1 is 0.391 bits per heavy atom. The van der Waals surface area contributed by atoms with Crippen molar-refractivity contribution >= 4 is 11.9 Å². The number of amides is 1. The number of hydrogen-bond acceptors (Lipinski definition) is 5. The predicted octanol–water partition coefficient (Wildman–Crippen LogP) is 19.6. The summed E-state index contributed by atoms with van der Waals surface area (Å²) in [6, 6.07) is -0.629. The molecule has 3 N–H and O–H groups in total. The second-order valence-corrected chi connectivity index (χ2v) is 21.8. The quantitative estimate of drug-likeness (QED) is 0.0321. The van der Waals surface area contributed by atoms with Gasteiger partial charge < -0.3 is 20.3 Å². The summed E-state index contributed by atoms with van der Waals surface area (Å²) in [7, 11) is 0. The lowest BCUT2D eigenvalue weighted by Crippen LogP contribution is -2.45. The van der Waals surface area contributed by atoms with Gasteiger partial charge in [-0.1, -0.05) is 321 Å². The Balaban J connectivity index is 3.38. The molecule has 1 amide bonds. The summed E-state index contributed by atoms with van der Waals surface area (Å²) in [6.45, 7) is 4.93. The summed E-state index contributed by atoms with van der Waals surface area (Å²) in [4.78, 5) is 24.6. The van der Waals surface area contributed by atoms with E-state index in [0.717, 1.165) is 38.5 Å². The Bertz CT molecular complexity index is 1030. The summed E-state index contributed by atoms with van der Waals surface area (Å²) < 4.78 is 5.50. The van der Waals surface area contributed by atoms with Crippen LogP contribution in [0.2, 0.25) is 0 Å². The molecule has 0 spiro atoms. The van der Waals surface area contributed by atoms with Crippen molar-refractivity contribution in [3.8, 4) is 0 Å². The van der Waals surface area contributed by atoms with Gasteiger partial charge in [0.2, 0.25) is 5.91 Å². The van der Waals surface area contributed by atoms with Crippen molar-refractivity contribution < 1.29 is 24.5 Å². The zero-order valence-corrected chi connectivity index (χ0v) is 46.8. The summed E-state index contributed by atoms with van der Waals surface area (Å²) in [5.74, 6) is -0.0550. The van der Waals surface area contributed by atoms with Crippen LogP contribution in [-0.2, 0) is 14.3 Å². The van der Waals surface area contributed by atoms with Gasteiger partial charge in [0.25, 0.3) is 0 Å². The van der Waals surface area contributed by atoms with Crippen molar-refractivity contribution in [2.75, 3.05) is 13.2 Å². The van der Waals surface area contributed by atoms with Crippen molar-refractivity contribution in [1.82, 2.24) is 5.32 Å². The normalized spacial score (nSPS) is 12.6. The SMILES string of the molecule is CCCCCCCCCCCCCC/C=C/C(O)C(CO)NC(=O)CCCCCCCCCCCCCCCCCCCCCOC(=O)CCCCCCCCCCCCCCCCCCCCC. The van der Waals surface area contributed by atoms with Crippen molar-refractivity contribution in [2.24, 2.45) is 0 Å². The first-order chi connectivity index (χ1) is 34.0. The molecule has 0 aliphatic carbocycles. The first-order valence-electron chi connectivity index (χ1n) is 31.5. The molecule has 0 aromatic heterocycles. The maximum absolute atomic E-state index is 12.5. The molecule has 410 valence electrons. The predicted molar refractivity (Wildman–Crippen MR) is 301 cm³/mol. The maximum atomic E-state index is 12.5. The Morgan fingerprint density at radius 3 is 0.986 bits per heavy atom. The molecule has 0 bridgehead atoms. The first-order valence-corrected chi connectivity index (χ1v) is 31.5. The van der Waals surface area contributed by atoms with Crippen LogP contribution < -0.4 is 5.32 Å². The molecule has 6 nitrogen and oxygen atoms in total. The highest BCUT2D eigenvalue weighted by atomic mass is 16.5. The highest BCUT2D eigenvalue weighted by molar-refractivity contribution is 5.76. The number of ether oxygens (including phenoxy) is 1. The molecule has 2 atom stereocenters. The standard InChI is InChI=1S/C63H123NO5/c1-3-5-7-9-11-13-15-17-19-20-22-26-29-33-37-41-45-49-53-57-63(68)69-58-54-50-46-42-38-34-30-27-24-21-23-25-28-32-36-40-44-48-52-56-62(67)64-60(59-65)61(66)55-51-47-43-39-35-31-18-16-14-12-10-8-6-4-2/h51,55,60-61,65-66H,3-50,52-54,56-59H2,1-2H3,(H,64,67)/b55-51+. The molecule has 0 aromatic carbocycles. The summed E-state index contributed by atoms with van der Waals surface area (Å²) in [5.41, 5.74) is 0. The number of rotatable bonds is 59. The average molecular weight is 975 g/mol. The Kier molecular flexibility index (Phi) is 58.0. The Hall–Kier alpha value is -1.40. The molecule has 0 fully saturated rings. The van der Waals surface area contributed by atoms with Gasteiger partial charge in [-0.2, -0.15) is 0 Å². The second-order valence-electron chi connectivity index (χ2n) is 21.8. The van der Waals surface area contributed by atoms with Crippen LogP contribution in [0, 0.1) is 0 Å². The molecule has 0 aliphatic heterocycles. The van der Waals surface area contributed by atoms with E-state index in [1.165, 1.54) is 289 Å². The monoisotopic (exact) mass is 974 g/mol. The third kappa shape index (κ3) is 55.8. The van der Waals surface area contributed by atoms with E-state index in [2.05, 4.69) is 19.2 Å². The number of nitrogens with one attached hydrogen (secondary N) is 1. The smallest absolute Gasteiger partial charge is 0.305 e. The van der Waals surface area contributed by atoms with Gasteiger partial charge >= 0.3 is 5.97 Å². The minimum Gasteiger partial charge on any atom is -0.466 e. The highest BCUT2D eigenvalue weighted by Crippen LogP contribution is 2.18. The molecule has 69 heavy (non-hydrogen) atoms. The molecule has 0 radical (unpaired) electrons. The van der Waals surface area contributed by atoms with Crippen molar-refractivity contribution in [3.63, 3.8) is 0 Å². The number of unbranched alkanes of at least 4 members (excludes halogenated alkanes) is 48. The summed E-state index contributed by atoms with van der Waals surface area (Å²) in [6.07, 6.45) is 71.1. The van der Waals surface area contributed by atoms with Gasteiger partial charge in [-0.3, -0.25) is 9.59 Å². The number of hydrogen-bond donors (Lipinski definition) is 3. The van der Waals surface area contributed by atoms with Crippen LogP contribution in [0.5, 0.6) is 0 Å². The van der Waals surface area contributed by atoms with Crippen LogP contribution in [0.15, 0.2) is 12.2 Å². The van der Waals surface area contributed by atoms with E-state index in [-0.39, 0.29) is 18.5 Å². The number of aliphatic hydroxyl groups excluding tert-OH is 2. The lowest BCUT2D eigenvalue weighted by Gasteiger charge is -2.20. The fourth-order valence-electron chi connectivity index (χ4n) is 9.99. The molecule has 0 saturated heterocycles. The zero-order chi connectivity index (χ0) is 50.0. The maximum Gasteiger partial charge on any atom is 0.305 e. The van der Waals surface area contributed by atoms with Crippen molar-refractivity contribution in [3.05, 3.63) is 12.2 Å². The molecule has 0 saturated carbocycles. The highest BCUT2D eigenvalue weighted by Gasteiger charge is 2.18. The Labute approximate surface area is 431 Å². The van der Waals surface area contributed by atoms with Crippen LogP contribution >= 0.6 is 0 Å². The lowest BCUT2D eigenvalue weighted by molar-refractivity contribution is -0.143. The van der Waals surface area contributed by atoms with Gasteiger partial charge in [0.1, 0.15) is 0 Å². The number of allylic oxidation sites excluding steroid dienone is 1. The number of aliphatic hydroxyl groups is 2. The second kappa shape index (κ2) is 59.2. The number of carbonyl (C=O) groups is 2. The minimum atomic E-state index is -0.845. The fraction of sp³-hybridized carbons (Fsp3) is 0.937. The molecular weight excluding hydrogens is 851 g/mol. The molecule has 0 aliphatic rings. The van der Waals surface area contributed by atoms with Gasteiger partial charge in [-0.05, 0) is 32.1 Å². The van der Waals surface area contributed by atoms with Crippen LogP contribution in [0.3, 0.4) is 0 Å². The van der Waals surface area contributed by atoms with Crippen LogP contribution in [0.1, 0.15) is 354 Å². The average Bonchev–Trinajstić information content (AvgIpc) is 3.35. The van der Waals surface area contributed by atoms with Gasteiger partial charge in [0, 0.05) is 12.8 Å². The van der Waals surface area contributed by atoms with Crippen LogP contribution in [0.4, 0.5) is 0 Å². The Morgan fingerprint density at radius 2 is 0.667 bits per heavy atom. The van der Waals surface area contributed by atoms with Gasteiger partial charge in [0.15, 0.2) is 0 Å². The van der Waals surface area contributed by atoms with E-state index in [1.54, 1.807) is 6.08 Å². The third-order valence-electron chi connectivity index (χ3n) is 14.8.